The fraction of sp³-hybridized carbons (Fsp3) is 0.761. The summed E-state index contributed by atoms with van der Waals surface area (Å²) in [6, 6.07) is 7.72. The van der Waals surface area contributed by atoms with E-state index in [1.807, 2.05) is 37.3 Å². The van der Waals surface area contributed by atoms with Crippen LogP contribution in [0.15, 0.2) is 24.3 Å². The zero-order valence-corrected chi connectivity index (χ0v) is 40.3. The molecule has 20 heteroatoms. The van der Waals surface area contributed by atoms with Crippen molar-refractivity contribution in [3.8, 4) is 0 Å². The minimum absolute atomic E-state index is 0.0337. The molecule has 0 aliphatic carbocycles. The van der Waals surface area contributed by atoms with Crippen molar-refractivity contribution in [2.24, 2.45) is 0 Å². The number of ether oxygens (including phenoxy) is 11. The Morgan fingerprint density at radius 2 is 0.879 bits per heavy atom. The molecule has 0 aliphatic heterocycles. The number of carbonyl (C=O) groups excluding carboxylic acids is 3. The number of hydrogen-bond acceptors (Lipinski definition) is 16. The third kappa shape index (κ3) is 31.6. The Kier molecular flexibility index (Phi) is 37.2. The molecule has 3 amide bonds. The number of aryl methyl sites for hydroxylation is 1. The van der Waals surface area contributed by atoms with Gasteiger partial charge in [0.15, 0.2) is 0 Å². The molecule has 0 fully saturated rings. The normalized spacial score (nSPS) is 11.5. The van der Waals surface area contributed by atoms with Crippen LogP contribution in [0.25, 0.3) is 10.9 Å². The number of fused-ring (bicyclic) bond motifs is 1. The minimum Gasteiger partial charge on any atom is -0.379 e. The zero-order valence-electron chi connectivity index (χ0n) is 40.3. The lowest BCUT2D eigenvalue weighted by atomic mass is 10.2. The summed E-state index contributed by atoms with van der Waals surface area (Å²) in [4.78, 5) is 37.9. The lowest BCUT2D eigenvalue weighted by molar-refractivity contribution is -0.124. The molecule has 20 nitrogen and oxygen atoms in total. The van der Waals surface area contributed by atoms with Crippen molar-refractivity contribution in [3.05, 3.63) is 30.0 Å². The number of aromatic nitrogens is 1. The van der Waals surface area contributed by atoms with Gasteiger partial charge < -0.3 is 72.6 Å². The summed E-state index contributed by atoms with van der Waals surface area (Å²) < 4.78 is 62.3. The number of anilines is 1. The summed E-state index contributed by atoms with van der Waals surface area (Å²) in [5, 5.41) is 11.5. The molecule has 0 spiro atoms. The maximum Gasteiger partial charge on any atom is 0.224 e. The third-order valence-electron chi connectivity index (χ3n) is 9.38. The number of benzene rings is 1. The monoisotopic (exact) mass is 943 g/mol. The van der Waals surface area contributed by atoms with E-state index in [0.717, 1.165) is 42.7 Å². The molecule has 2 rings (SSSR count). The van der Waals surface area contributed by atoms with Crippen LogP contribution in [-0.4, -0.2) is 200 Å². The number of carbonyl (C=O) groups is 3. The molecular weight excluding hydrogens is 861 g/mol. The van der Waals surface area contributed by atoms with Crippen LogP contribution in [-0.2, 0) is 79.6 Å². The molecular formula is C46H82N6O14. The Bertz CT molecular complexity index is 1510. The number of nitrogens with zero attached hydrogens (tertiary/aromatic N) is 2. The summed E-state index contributed by atoms with van der Waals surface area (Å²) in [7, 11) is 3.78. The van der Waals surface area contributed by atoms with Gasteiger partial charge in [0.25, 0.3) is 0 Å². The summed E-state index contributed by atoms with van der Waals surface area (Å²) >= 11 is 0. The van der Waals surface area contributed by atoms with Crippen LogP contribution in [0.4, 0.5) is 5.69 Å². The van der Waals surface area contributed by atoms with Gasteiger partial charge in [-0.3, -0.25) is 19.8 Å². The number of amides is 3. The number of hydrazine groups is 1. The first-order valence-electron chi connectivity index (χ1n) is 23.6. The van der Waals surface area contributed by atoms with Crippen LogP contribution in [0.5, 0.6) is 0 Å². The van der Waals surface area contributed by atoms with Gasteiger partial charge in [0.1, 0.15) is 0 Å². The molecule has 0 aliphatic rings. The maximum atomic E-state index is 12.8. The molecule has 66 heavy (non-hydrogen) atoms. The average Bonchev–Trinajstić information content (AvgIpc) is 3.65. The SMILES string of the molecule is CCCOCCOCCOCCOCCOCCNC(=O)CCn1c(CN(C)NC)cc2cc(NC(=O)CCC(=O)NCCOCCOCCOCCOCCOCCOCCC)ccc21. The molecule has 0 unspecified atom stereocenters. The molecule has 4 N–H and O–H groups in total. The van der Waals surface area contributed by atoms with Crippen molar-refractivity contribution < 1.29 is 66.5 Å². The molecule has 1 aromatic heterocycles. The Morgan fingerprint density at radius 1 is 0.500 bits per heavy atom. The standard InChI is InChI=1S/C46H82N6O14/c1-5-15-56-19-23-60-27-31-64-33-29-63-26-22-59-18-13-49-45(54)11-14-52-42(39-51(4)47-3)38-40-37-41(7-8-43(40)52)50-46(55)10-9-44(53)48-12-17-58-21-25-62-30-34-66-36-35-65-32-28-61-24-20-57-16-6-2/h7-8,37-38,47H,5-6,9-36,39H2,1-4H3,(H,48,53)(H,49,54)(H,50,55). The molecule has 0 saturated heterocycles. The van der Waals surface area contributed by atoms with Crippen LogP contribution in [0.3, 0.4) is 0 Å². The summed E-state index contributed by atoms with van der Waals surface area (Å²) in [5.74, 6) is -0.580. The van der Waals surface area contributed by atoms with Gasteiger partial charge >= 0.3 is 0 Å². The molecule has 0 saturated carbocycles. The quantitative estimate of drug-likeness (QED) is 0.0556. The number of hydrogen-bond donors (Lipinski definition) is 4. The van der Waals surface area contributed by atoms with Crippen molar-refractivity contribution in [2.45, 2.75) is 59.0 Å². The van der Waals surface area contributed by atoms with Crippen LogP contribution in [0, 0.1) is 0 Å². The van der Waals surface area contributed by atoms with E-state index in [9.17, 15) is 14.4 Å². The second kappa shape index (κ2) is 41.8. The zero-order chi connectivity index (χ0) is 47.6. The maximum absolute atomic E-state index is 12.8. The largest absolute Gasteiger partial charge is 0.379 e. The Labute approximate surface area is 392 Å². The molecule has 1 aromatic carbocycles. The second-order valence-corrected chi connectivity index (χ2v) is 14.9. The van der Waals surface area contributed by atoms with Crippen LogP contribution >= 0.6 is 0 Å². The van der Waals surface area contributed by atoms with Gasteiger partial charge in [-0.25, -0.2) is 5.01 Å². The smallest absolute Gasteiger partial charge is 0.224 e. The fourth-order valence-corrected chi connectivity index (χ4v) is 5.96. The van der Waals surface area contributed by atoms with E-state index < -0.39 is 0 Å². The van der Waals surface area contributed by atoms with E-state index in [0.29, 0.717) is 164 Å². The van der Waals surface area contributed by atoms with E-state index in [4.69, 9.17) is 52.1 Å². The van der Waals surface area contributed by atoms with Gasteiger partial charge in [0.05, 0.1) is 139 Å². The molecule has 0 atom stereocenters. The van der Waals surface area contributed by atoms with Gasteiger partial charge in [0.2, 0.25) is 17.7 Å². The predicted molar refractivity (Wildman–Crippen MR) is 251 cm³/mol. The average molecular weight is 943 g/mol. The highest BCUT2D eigenvalue weighted by molar-refractivity contribution is 5.95. The molecule has 0 radical (unpaired) electrons. The lowest BCUT2D eigenvalue weighted by Gasteiger charge is -2.17. The van der Waals surface area contributed by atoms with Crippen LogP contribution in [0.1, 0.15) is 51.6 Å². The van der Waals surface area contributed by atoms with E-state index in [-0.39, 0.29) is 37.0 Å². The van der Waals surface area contributed by atoms with E-state index in [1.165, 1.54) is 0 Å². The first-order valence-corrected chi connectivity index (χ1v) is 23.6. The van der Waals surface area contributed by atoms with Gasteiger partial charge in [0, 0.05) is 81.4 Å². The van der Waals surface area contributed by atoms with Gasteiger partial charge in [-0.15, -0.1) is 0 Å². The molecule has 0 bridgehead atoms. The first-order chi connectivity index (χ1) is 32.4. The van der Waals surface area contributed by atoms with Gasteiger partial charge in [-0.2, -0.15) is 0 Å². The van der Waals surface area contributed by atoms with E-state index in [1.54, 1.807) is 0 Å². The second-order valence-electron chi connectivity index (χ2n) is 14.9. The van der Waals surface area contributed by atoms with Crippen LogP contribution in [0.2, 0.25) is 0 Å². The highest BCUT2D eigenvalue weighted by Crippen LogP contribution is 2.25. The summed E-state index contributed by atoms with van der Waals surface area (Å²) in [5.41, 5.74) is 5.69. The molecule has 1 heterocycles. The van der Waals surface area contributed by atoms with Gasteiger partial charge in [-0.05, 0) is 44.2 Å². The third-order valence-corrected chi connectivity index (χ3v) is 9.38. The first kappa shape index (κ1) is 58.8. The van der Waals surface area contributed by atoms with E-state index >= 15 is 0 Å². The van der Waals surface area contributed by atoms with Crippen molar-refractivity contribution in [3.63, 3.8) is 0 Å². The fourth-order valence-electron chi connectivity index (χ4n) is 5.96. The highest BCUT2D eigenvalue weighted by Gasteiger charge is 2.14. The van der Waals surface area contributed by atoms with Crippen molar-refractivity contribution in [1.29, 1.82) is 0 Å². The van der Waals surface area contributed by atoms with Gasteiger partial charge in [-0.1, -0.05) is 13.8 Å². The topological polar surface area (TPSA) is 209 Å². The predicted octanol–water partition coefficient (Wildman–Crippen LogP) is 2.55. The number of rotatable bonds is 47. The lowest BCUT2D eigenvalue weighted by Crippen LogP contribution is -2.31. The molecule has 2 aromatic rings. The van der Waals surface area contributed by atoms with Crippen molar-refractivity contribution in [1.82, 2.24) is 25.6 Å². The highest BCUT2D eigenvalue weighted by atomic mass is 16.6. The number of nitrogens with one attached hydrogen (secondary N) is 4. The van der Waals surface area contributed by atoms with Crippen LogP contribution < -0.4 is 21.4 Å². The minimum atomic E-state index is -0.266. The molecule has 380 valence electrons. The summed E-state index contributed by atoms with van der Waals surface area (Å²) in [6.07, 6.45) is 2.37. The Morgan fingerprint density at radius 3 is 1.29 bits per heavy atom. The van der Waals surface area contributed by atoms with Crippen molar-refractivity contribution >= 4 is 34.3 Å². The summed E-state index contributed by atoms with van der Waals surface area (Å²) in [6.45, 7) is 17.1. The Balaban J connectivity index is 1.54. The van der Waals surface area contributed by atoms with E-state index in [2.05, 4.69) is 45.9 Å². The van der Waals surface area contributed by atoms with Crippen molar-refractivity contribution in [2.75, 3.05) is 178 Å². The Hall–Kier alpha value is -3.35.